The quantitative estimate of drug-likeness (QED) is 0.560. The number of nitrogens with one attached hydrogen (secondary N) is 1. The minimum Gasteiger partial charge on any atom is -0.373 e. The molecule has 1 heterocycles. The number of hydrogen-bond acceptors (Lipinski definition) is 4. The zero-order valence-corrected chi connectivity index (χ0v) is 13.3. The predicted octanol–water partition coefficient (Wildman–Crippen LogP) is 5.79. The Morgan fingerprint density at radius 3 is 2.55 bits per heavy atom. The molecule has 0 fully saturated rings. The maximum atomic E-state index is 11.0. The van der Waals surface area contributed by atoms with Crippen LogP contribution in [0.25, 0.3) is 0 Å². The molecule has 1 aromatic heterocycles. The van der Waals surface area contributed by atoms with Crippen molar-refractivity contribution >= 4 is 57.5 Å². The van der Waals surface area contributed by atoms with E-state index >= 15 is 0 Å². The third kappa shape index (κ3) is 3.35. The van der Waals surface area contributed by atoms with E-state index < -0.39 is 4.92 Å². The molecule has 0 saturated heterocycles. The highest BCUT2D eigenvalue weighted by molar-refractivity contribution is 7.20. The molecule has 1 N–H and O–H groups in total. The van der Waals surface area contributed by atoms with Gasteiger partial charge in [-0.05, 0) is 25.1 Å². The lowest BCUT2D eigenvalue weighted by Gasteiger charge is -2.15. The van der Waals surface area contributed by atoms with E-state index in [4.69, 9.17) is 34.8 Å². The molecule has 0 bridgehead atoms. The van der Waals surface area contributed by atoms with Gasteiger partial charge < -0.3 is 5.32 Å². The van der Waals surface area contributed by atoms with Gasteiger partial charge >= 0.3 is 0 Å². The van der Waals surface area contributed by atoms with Gasteiger partial charge in [0.2, 0.25) is 0 Å². The number of nitrogens with zero attached hydrogens (tertiary/aromatic N) is 1. The van der Waals surface area contributed by atoms with E-state index in [1.165, 1.54) is 29.5 Å². The Morgan fingerprint density at radius 2 is 2.00 bits per heavy atom. The number of benzene rings is 1. The number of nitro benzene ring substituents is 1. The lowest BCUT2D eigenvalue weighted by molar-refractivity contribution is -0.384. The first kappa shape index (κ1) is 15.4. The number of halogens is 3. The number of thiophene rings is 1. The van der Waals surface area contributed by atoms with Gasteiger partial charge in [-0.3, -0.25) is 10.1 Å². The molecule has 0 aliphatic carbocycles. The molecule has 2 aromatic rings. The number of nitro groups is 1. The zero-order chi connectivity index (χ0) is 14.9. The molecule has 0 aliphatic heterocycles. The lowest BCUT2D eigenvalue weighted by atomic mass is 10.1. The summed E-state index contributed by atoms with van der Waals surface area (Å²) in [6.45, 7) is 1.84. The highest BCUT2D eigenvalue weighted by Gasteiger charge is 2.19. The van der Waals surface area contributed by atoms with Crippen molar-refractivity contribution in [3.8, 4) is 0 Å². The van der Waals surface area contributed by atoms with Crippen molar-refractivity contribution in [3.63, 3.8) is 0 Å². The van der Waals surface area contributed by atoms with Crippen LogP contribution in [0.1, 0.15) is 18.5 Å². The molecular formula is C12H9Cl3N2O2S. The molecule has 4 nitrogen and oxygen atoms in total. The highest BCUT2D eigenvalue weighted by atomic mass is 35.5. The van der Waals surface area contributed by atoms with Crippen molar-refractivity contribution in [1.82, 2.24) is 0 Å². The summed E-state index contributed by atoms with van der Waals surface area (Å²) in [5.74, 6) is 0. The van der Waals surface area contributed by atoms with Crippen LogP contribution in [0.4, 0.5) is 11.4 Å². The third-order valence-corrected chi connectivity index (χ3v) is 4.43. The van der Waals surface area contributed by atoms with Crippen LogP contribution in [0.5, 0.6) is 0 Å². The average molecular weight is 352 g/mol. The summed E-state index contributed by atoms with van der Waals surface area (Å²) < 4.78 is 1.12. The standard InChI is InChI=1S/C12H9Cl3N2O2S/c1-6(8-5-11(14)20-12(8)15)16-9-4-7(13)2-3-10(9)17(18)19/h2-6,16H,1H3. The summed E-state index contributed by atoms with van der Waals surface area (Å²) in [7, 11) is 0. The number of hydrogen-bond donors (Lipinski definition) is 1. The second-order valence-electron chi connectivity index (χ2n) is 4.06. The summed E-state index contributed by atoms with van der Waals surface area (Å²) in [6, 6.07) is 5.85. The Bertz CT molecular complexity index is 660. The Balaban J connectivity index is 2.32. The molecule has 1 atom stereocenters. The van der Waals surface area contributed by atoms with Gasteiger partial charge in [-0.15, -0.1) is 11.3 Å². The van der Waals surface area contributed by atoms with Crippen LogP contribution in [0.3, 0.4) is 0 Å². The Hall–Kier alpha value is -1.01. The molecule has 1 aromatic carbocycles. The Kier molecular flexibility index (Phi) is 4.75. The number of anilines is 1. The summed E-state index contributed by atoms with van der Waals surface area (Å²) in [5.41, 5.74) is 1.09. The van der Waals surface area contributed by atoms with E-state index in [-0.39, 0.29) is 11.7 Å². The van der Waals surface area contributed by atoms with Gasteiger partial charge in [-0.1, -0.05) is 34.8 Å². The molecule has 0 aliphatic rings. The van der Waals surface area contributed by atoms with Crippen LogP contribution in [0, 0.1) is 10.1 Å². The van der Waals surface area contributed by atoms with Gasteiger partial charge in [-0.2, -0.15) is 0 Å². The van der Waals surface area contributed by atoms with Gasteiger partial charge in [-0.25, -0.2) is 0 Å². The first-order valence-electron chi connectivity index (χ1n) is 5.53. The smallest absolute Gasteiger partial charge is 0.292 e. The normalized spacial score (nSPS) is 12.2. The first-order chi connectivity index (χ1) is 9.38. The predicted molar refractivity (Wildman–Crippen MR) is 84.5 cm³/mol. The molecule has 0 amide bonds. The molecule has 1 unspecified atom stereocenters. The van der Waals surface area contributed by atoms with E-state index in [0.29, 0.717) is 19.4 Å². The molecule has 8 heteroatoms. The second-order valence-corrected chi connectivity index (χ2v) is 6.79. The van der Waals surface area contributed by atoms with Crippen LogP contribution in [0.2, 0.25) is 13.7 Å². The monoisotopic (exact) mass is 350 g/mol. The van der Waals surface area contributed by atoms with Crippen molar-refractivity contribution < 1.29 is 4.92 Å². The van der Waals surface area contributed by atoms with Crippen molar-refractivity contribution in [2.45, 2.75) is 13.0 Å². The van der Waals surface area contributed by atoms with Crippen molar-refractivity contribution in [3.05, 3.63) is 53.6 Å². The van der Waals surface area contributed by atoms with Crippen molar-refractivity contribution in [2.75, 3.05) is 5.32 Å². The minimum absolute atomic E-state index is 0.0429. The Labute approximate surface area is 134 Å². The van der Waals surface area contributed by atoms with Crippen molar-refractivity contribution in [2.24, 2.45) is 0 Å². The lowest BCUT2D eigenvalue weighted by Crippen LogP contribution is -2.08. The van der Waals surface area contributed by atoms with Crippen LogP contribution in [0.15, 0.2) is 24.3 Å². The fourth-order valence-corrected chi connectivity index (χ4v) is 3.56. The molecule has 2 rings (SSSR count). The van der Waals surface area contributed by atoms with Crippen LogP contribution in [-0.4, -0.2) is 4.92 Å². The number of rotatable bonds is 4. The fraction of sp³-hybridized carbons (Fsp3) is 0.167. The first-order valence-corrected chi connectivity index (χ1v) is 7.48. The van der Waals surface area contributed by atoms with Gasteiger partial charge in [0, 0.05) is 16.7 Å². The van der Waals surface area contributed by atoms with Gasteiger partial charge in [0.25, 0.3) is 5.69 Å². The van der Waals surface area contributed by atoms with E-state index in [9.17, 15) is 10.1 Å². The highest BCUT2D eigenvalue weighted by Crippen LogP contribution is 2.37. The maximum absolute atomic E-state index is 11.0. The van der Waals surface area contributed by atoms with E-state index in [2.05, 4.69) is 5.32 Å². The fourth-order valence-electron chi connectivity index (χ4n) is 1.74. The largest absolute Gasteiger partial charge is 0.373 e. The third-order valence-electron chi connectivity index (χ3n) is 2.68. The van der Waals surface area contributed by atoms with Crippen LogP contribution < -0.4 is 5.32 Å². The van der Waals surface area contributed by atoms with Gasteiger partial charge in [0.15, 0.2) is 0 Å². The second kappa shape index (κ2) is 6.18. The van der Waals surface area contributed by atoms with Crippen LogP contribution in [-0.2, 0) is 0 Å². The van der Waals surface area contributed by atoms with E-state index in [1.54, 1.807) is 6.07 Å². The Morgan fingerprint density at radius 1 is 1.30 bits per heavy atom. The zero-order valence-electron chi connectivity index (χ0n) is 10.2. The van der Waals surface area contributed by atoms with Crippen molar-refractivity contribution in [1.29, 1.82) is 0 Å². The molecule has 0 radical (unpaired) electrons. The molecule has 106 valence electrons. The van der Waals surface area contributed by atoms with E-state index in [1.807, 2.05) is 6.92 Å². The molecule has 0 spiro atoms. The average Bonchev–Trinajstić information content (AvgIpc) is 2.68. The minimum atomic E-state index is -0.465. The van der Waals surface area contributed by atoms with Gasteiger partial charge in [0.1, 0.15) is 5.69 Å². The maximum Gasteiger partial charge on any atom is 0.292 e. The molecular weight excluding hydrogens is 343 g/mol. The summed E-state index contributed by atoms with van der Waals surface area (Å²) >= 11 is 19.1. The molecule has 0 saturated carbocycles. The summed E-state index contributed by atoms with van der Waals surface area (Å²) in [4.78, 5) is 10.5. The van der Waals surface area contributed by atoms with E-state index in [0.717, 1.165) is 5.56 Å². The SMILES string of the molecule is CC(Nc1cc(Cl)ccc1[N+](=O)[O-])c1cc(Cl)sc1Cl. The van der Waals surface area contributed by atoms with Gasteiger partial charge in [0.05, 0.1) is 19.6 Å². The topological polar surface area (TPSA) is 55.2 Å². The van der Waals surface area contributed by atoms with Crippen LogP contribution >= 0.6 is 46.1 Å². The summed E-state index contributed by atoms with van der Waals surface area (Å²) in [6.07, 6.45) is 0. The summed E-state index contributed by atoms with van der Waals surface area (Å²) in [5, 5.41) is 14.5. The molecule has 20 heavy (non-hydrogen) atoms.